The molecule has 0 aliphatic heterocycles. The van der Waals surface area contributed by atoms with Gasteiger partial charge in [0.2, 0.25) is 0 Å². The van der Waals surface area contributed by atoms with Gasteiger partial charge in [-0.1, -0.05) is 35.9 Å². The fourth-order valence-electron chi connectivity index (χ4n) is 3.26. The lowest BCUT2D eigenvalue weighted by Gasteiger charge is -2.13. The summed E-state index contributed by atoms with van der Waals surface area (Å²) in [4.78, 5) is 20.5. The topological polar surface area (TPSA) is 104 Å². The molecule has 164 valence electrons. The molecule has 1 amide bonds. The smallest absolute Gasteiger partial charge is 0.261 e. The van der Waals surface area contributed by atoms with Gasteiger partial charge in [0, 0.05) is 18.0 Å². The van der Waals surface area contributed by atoms with Crippen molar-refractivity contribution in [1.82, 2.24) is 15.3 Å². The number of carbonyl (C=O) groups excluding carboxylic acids is 1. The van der Waals surface area contributed by atoms with Crippen LogP contribution in [-0.4, -0.2) is 30.8 Å². The molecule has 1 aromatic heterocycles. The van der Waals surface area contributed by atoms with Gasteiger partial charge in [-0.2, -0.15) is 0 Å². The molecular weight excluding hydrogens is 448 g/mol. The molecule has 3 N–H and O–H groups in total. The van der Waals surface area contributed by atoms with E-state index in [2.05, 4.69) is 20.0 Å². The summed E-state index contributed by atoms with van der Waals surface area (Å²) < 4.78 is 27.9. The summed E-state index contributed by atoms with van der Waals surface area (Å²) in [5.41, 5.74) is 2.34. The van der Waals surface area contributed by atoms with Crippen LogP contribution in [0.5, 0.6) is 0 Å². The van der Waals surface area contributed by atoms with Crippen molar-refractivity contribution in [3.63, 3.8) is 0 Å². The molecule has 0 aliphatic rings. The van der Waals surface area contributed by atoms with Crippen molar-refractivity contribution in [1.29, 1.82) is 0 Å². The molecule has 7 nitrogen and oxygen atoms in total. The SMILES string of the molecule is O=C(NCCCc1nc2ccccc2[nH]1)c1ccccc1NS(=O)(=O)c1ccc(Cl)cc1. The van der Waals surface area contributed by atoms with E-state index in [1.54, 1.807) is 24.3 Å². The third kappa shape index (κ3) is 5.09. The van der Waals surface area contributed by atoms with Crippen LogP contribution in [-0.2, 0) is 16.4 Å². The minimum Gasteiger partial charge on any atom is -0.352 e. The molecule has 0 saturated heterocycles. The van der Waals surface area contributed by atoms with Crippen LogP contribution in [0.25, 0.3) is 11.0 Å². The Kier molecular flexibility index (Phi) is 6.43. The maximum absolute atomic E-state index is 12.7. The molecule has 4 aromatic rings. The van der Waals surface area contributed by atoms with Gasteiger partial charge in [-0.25, -0.2) is 13.4 Å². The summed E-state index contributed by atoms with van der Waals surface area (Å²) >= 11 is 5.83. The standard InChI is InChI=1S/C23H21ClN4O3S/c24-16-11-13-17(14-12-16)32(30,31)28-19-7-2-1-6-18(19)23(29)25-15-5-10-22-26-20-8-3-4-9-21(20)27-22/h1-4,6-9,11-14,28H,5,10,15H2,(H,25,29)(H,26,27). The molecule has 4 rings (SSSR count). The molecule has 9 heteroatoms. The number of amides is 1. The minimum atomic E-state index is -3.86. The van der Waals surface area contributed by atoms with Crippen molar-refractivity contribution in [3.05, 3.63) is 89.2 Å². The molecule has 0 saturated carbocycles. The molecular formula is C23H21ClN4O3S. The molecule has 32 heavy (non-hydrogen) atoms. The normalized spacial score (nSPS) is 11.4. The van der Waals surface area contributed by atoms with E-state index in [0.29, 0.717) is 24.4 Å². The van der Waals surface area contributed by atoms with Crippen molar-refractivity contribution in [2.75, 3.05) is 11.3 Å². The Balaban J connectivity index is 1.38. The Hall–Kier alpha value is -3.36. The molecule has 3 aromatic carbocycles. The highest BCUT2D eigenvalue weighted by Gasteiger charge is 2.18. The van der Waals surface area contributed by atoms with E-state index in [1.165, 1.54) is 24.3 Å². The summed E-state index contributed by atoms with van der Waals surface area (Å²) in [5, 5.41) is 3.28. The van der Waals surface area contributed by atoms with Gasteiger partial charge in [0.05, 0.1) is 27.2 Å². The first-order valence-electron chi connectivity index (χ1n) is 10.0. The quantitative estimate of drug-likeness (QED) is 0.334. The van der Waals surface area contributed by atoms with Crippen LogP contribution >= 0.6 is 11.6 Å². The monoisotopic (exact) mass is 468 g/mol. The third-order valence-electron chi connectivity index (χ3n) is 4.85. The zero-order valence-electron chi connectivity index (χ0n) is 17.0. The van der Waals surface area contributed by atoms with Gasteiger partial charge in [-0.3, -0.25) is 9.52 Å². The summed E-state index contributed by atoms with van der Waals surface area (Å²) in [6, 6.07) is 20.1. The highest BCUT2D eigenvalue weighted by atomic mass is 35.5. The van der Waals surface area contributed by atoms with Crippen LogP contribution in [0.4, 0.5) is 5.69 Å². The summed E-state index contributed by atoms with van der Waals surface area (Å²) in [6.45, 7) is 0.425. The van der Waals surface area contributed by atoms with Gasteiger partial charge in [-0.05, 0) is 55.0 Å². The Bertz CT molecular complexity index is 1320. The molecule has 1 heterocycles. The van der Waals surface area contributed by atoms with E-state index < -0.39 is 10.0 Å². The maximum atomic E-state index is 12.7. The number of nitrogens with one attached hydrogen (secondary N) is 3. The van der Waals surface area contributed by atoms with E-state index in [-0.39, 0.29) is 22.1 Å². The van der Waals surface area contributed by atoms with Crippen LogP contribution in [0.1, 0.15) is 22.6 Å². The zero-order chi connectivity index (χ0) is 22.6. The number of aryl methyl sites for hydroxylation is 1. The second-order valence-corrected chi connectivity index (χ2v) is 9.28. The lowest BCUT2D eigenvalue weighted by molar-refractivity contribution is 0.0954. The number of nitrogens with zero attached hydrogens (tertiary/aromatic N) is 1. The second kappa shape index (κ2) is 9.42. The molecule has 0 bridgehead atoms. The number of aromatic amines is 1. The minimum absolute atomic E-state index is 0.0583. The number of aromatic nitrogens is 2. The van der Waals surface area contributed by atoms with Gasteiger partial charge in [0.1, 0.15) is 5.82 Å². The van der Waals surface area contributed by atoms with Crippen molar-refractivity contribution in [3.8, 4) is 0 Å². The fourth-order valence-corrected chi connectivity index (χ4v) is 4.47. The van der Waals surface area contributed by atoms with Gasteiger partial charge in [0.25, 0.3) is 15.9 Å². The highest BCUT2D eigenvalue weighted by Crippen LogP contribution is 2.21. The Morgan fingerprint density at radius 3 is 2.47 bits per heavy atom. The lowest BCUT2D eigenvalue weighted by atomic mass is 10.1. The number of fused-ring (bicyclic) bond motifs is 1. The number of para-hydroxylation sites is 3. The number of rotatable bonds is 8. The Labute approximate surface area is 190 Å². The number of sulfonamides is 1. The largest absolute Gasteiger partial charge is 0.352 e. The molecule has 0 radical (unpaired) electrons. The van der Waals surface area contributed by atoms with Crippen molar-refractivity contribution in [2.24, 2.45) is 0 Å². The number of carbonyl (C=O) groups is 1. The van der Waals surface area contributed by atoms with Crippen molar-refractivity contribution >= 4 is 44.3 Å². The molecule has 0 aliphatic carbocycles. The highest BCUT2D eigenvalue weighted by molar-refractivity contribution is 7.92. The van der Waals surface area contributed by atoms with Gasteiger partial charge in [-0.15, -0.1) is 0 Å². The number of imidazole rings is 1. The molecule has 0 spiro atoms. The van der Waals surface area contributed by atoms with Gasteiger partial charge < -0.3 is 10.3 Å². The van der Waals surface area contributed by atoms with E-state index in [9.17, 15) is 13.2 Å². The lowest BCUT2D eigenvalue weighted by Crippen LogP contribution is -2.26. The van der Waals surface area contributed by atoms with Crippen LogP contribution in [0.2, 0.25) is 5.02 Å². The number of H-pyrrole nitrogens is 1. The van der Waals surface area contributed by atoms with Crippen LogP contribution in [0, 0.1) is 0 Å². The van der Waals surface area contributed by atoms with E-state index >= 15 is 0 Å². The first kappa shape index (κ1) is 21.9. The summed E-state index contributed by atoms with van der Waals surface area (Å²) in [7, 11) is -3.86. The maximum Gasteiger partial charge on any atom is 0.261 e. The zero-order valence-corrected chi connectivity index (χ0v) is 18.6. The first-order valence-corrected chi connectivity index (χ1v) is 11.9. The molecule has 0 fully saturated rings. The van der Waals surface area contributed by atoms with Crippen molar-refractivity contribution in [2.45, 2.75) is 17.7 Å². The third-order valence-corrected chi connectivity index (χ3v) is 6.49. The number of halogens is 1. The van der Waals surface area contributed by atoms with E-state index in [4.69, 9.17) is 11.6 Å². The second-order valence-electron chi connectivity index (χ2n) is 7.17. The number of benzene rings is 3. The first-order chi connectivity index (χ1) is 15.4. The van der Waals surface area contributed by atoms with E-state index in [0.717, 1.165) is 16.9 Å². The average Bonchev–Trinajstić information content (AvgIpc) is 3.20. The van der Waals surface area contributed by atoms with Crippen molar-refractivity contribution < 1.29 is 13.2 Å². The average molecular weight is 469 g/mol. The van der Waals surface area contributed by atoms with Crippen LogP contribution in [0.3, 0.4) is 0 Å². The van der Waals surface area contributed by atoms with Crippen LogP contribution in [0.15, 0.2) is 77.7 Å². The Morgan fingerprint density at radius 1 is 0.969 bits per heavy atom. The summed E-state index contributed by atoms with van der Waals surface area (Å²) in [5.74, 6) is 0.501. The van der Waals surface area contributed by atoms with Gasteiger partial charge >= 0.3 is 0 Å². The fraction of sp³-hybridized carbons (Fsp3) is 0.130. The van der Waals surface area contributed by atoms with Crippen LogP contribution < -0.4 is 10.0 Å². The molecule has 0 unspecified atom stereocenters. The van der Waals surface area contributed by atoms with E-state index in [1.807, 2.05) is 24.3 Å². The summed E-state index contributed by atoms with van der Waals surface area (Å²) in [6.07, 6.45) is 1.37. The van der Waals surface area contributed by atoms with Gasteiger partial charge in [0.15, 0.2) is 0 Å². The molecule has 0 atom stereocenters. The predicted octanol–water partition coefficient (Wildman–Crippen LogP) is 4.38. The number of anilines is 1. The number of hydrogen-bond donors (Lipinski definition) is 3. The Morgan fingerprint density at radius 2 is 1.69 bits per heavy atom. The number of hydrogen-bond acceptors (Lipinski definition) is 4. The predicted molar refractivity (Wildman–Crippen MR) is 125 cm³/mol.